The summed E-state index contributed by atoms with van der Waals surface area (Å²) in [6.07, 6.45) is 2.27. The summed E-state index contributed by atoms with van der Waals surface area (Å²) >= 11 is 0. The van der Waals surface area contributed by atoms with Gasteiger partial charge in [-0.3, -0.25) is 0 Å². The van der Waals surface area contributed by atoms with Crippen LogP contribution in [-0.4, -0.2) is 57.1 Å². The van der Waals surface area contributed by atoms with Gasteiger partial charge < -0.3 is 17.7 Å². The lowest BCUT2D eigenvalue weighted by Crippen LogP contribution is -2.48. The average molecular weight is 507 g/mol. The first-order valence-corrected chi connectivity index (χ1v) is 18.9. The lowest BCUT2D eigenvalue weighted by Gasteiger charge is -2.38. The highest BCUT2D eigenvalue weighted by Crippen LogP contribution is 2.46. The Labute approximate surface area is 191 Å². The van der Waals surface area contributed by atoms with E-state index in [1.54, 1.807) is 28.4 Å². The van der Waals surface area contributed by atoms with Crippen LogP contribution in [0.4, 0.5) is 0 Å². The third-order valence-corrected chi connectivity index (χ3v) is 21.1. The molecule has 0 unspecified atom stereocenters. The molecule has 0 aromatic carbocycles. The van der Waals surface area contributed by atoms with E-state index in [0.717, 1.165) is 36.4 Å². The van der Waals surface area contributed by atoms with Crippen LogP contribution in [0.3, 0.4) is 0 Å². The van der Waals surface area contributed by atoms with Crippen molar-refractivity contribution in [1.82, 2.24) is 0 Å². The Balaban J connectivity index is 3.97. The SMILES string of the molecule is CO[Si](CCCSSSSCCC[Si](OC)(OC)C(C)(C)C)(OC)C(C)(C)C. The first-order valence-electron chi connectivity index (χ1n) is 9.73. The van der Waals surface area contributed by atoms with E-state index in [9.17, 15) is 0 Å². The van der Waals surface area contributed by atoms with E-state index < -0.39 is 17.1 Å². The molecule has 0 radical (unpaired) electrons. The van der Waals surface area contributed by atoms with Gasteiger partial charge in [0.05, 0.1) is 0 Å². The summed E-state index contributed by atoms with van der Waals surface area (Å²) in [6, 6.07) is 2.09. The third kappa shape index (κ3) is 9.04. The van der Waals surface area contributed by atoms with Crippen LogP contribution in [-0.2, 0) is 17.7 Å². The molecular formula is C18H42O4S4Si2. The zero-order valence-electron chi connectivity index (χ0n) is 19.5. The van der Waals surface area contributed by atoms with E-state index in [1.165, 1.54) is 0 Å². The maximum atomic E-state index is 5.87. The third-order valence-electron chi connectivity index (χ3n) is 5.20. The van der Waals surface area contributed by atoms with Gasteiger partial charge in [-0.15, -0.1) is 0 Å². The summed E-state index contributed by atoms with van der Waals surface area (Å²) in [5, 5.41) is 0.184. The normalized spacial score (nSPS) is 13.9. The molecule has 0 aliphatic heterocycles. The molecule has 0 aromatic rings. The van der Waals surface area contributed by atoms with Gasteiger partial charge in [0.25, 0.3) is 0 Å². The van der Waals surface area contributed by atoms with Gasteiger partial charge in [-0.05, 0) is 44.6 Å². The summed E-state index contributed by atoms with van der Waals surface area (Å²) in [5.74, 6) is 2.26. The fourth-order valence-electron chi connectivity index (χ4n) is 3.38. The van der Waals surface area contributed by atoms with Crippen molar-refractivity contribution in [2.75, 3.05) is 39.9 Å². The molecule has 0 fully saturated rings. The van der Waals surface area contributed by atoms with Crippen molar-refractivity contribution >= 4 is 58.4 Å². The van der Waals surface area contributed by atoms with Gasteiger partial charge >= 0.3 is 17.1 Å². The maximum absolute atomic E-state index is 5.87. The Bertz CT molecular complexity index is 371. The fraction of sp³-hybridized carbons (Fsp3) is 1.00. The smallest absolute Gasteiger partial charge is 0.343 e. The Morgan fingerprint density at radius 2 is 0.857 bits per heavy atom. The Hall–Kier alpha value is 1.67. The minimum Gasteiger partial charge on any atom is -0.397 e. The van der Waals surface area contributed by atoms with Crippen LogP contribution in [0.2, 0.25) is 22.2 Å². The molecule has 0 aromatic heterocycles. The molecule has 10 heteroatoms. The highest BCUT2D eigenvalue weighted by Gasteiger charge is 2.48. The molecule has 0 bridgehead atoms. The maximum Gasteiger partial charge on any atom is 0.343 e. The molecule has 0 atom stereocenters. The Morgan fingerprint density at radius 3 is 1.07 bits per heavy atom. The molecule has 0 saturated carbocycles. The van der Waals surface area contributed by atoms with Crippen LogP contribution in [0, 0.1) is 0 Å². The topological polar surface area (TPSA) is 36.9 Å². The number of hydrogen-bond donors (Lipinski definition) is 0. The van der Waals surface area contributed by atoms with Crippen molar-refractivity contribution in [1.29, 1.82) is 0 Å². The van der Waals surface area contributed by atoms with Crippen LogP contribution < -0.4 is 0 Å². The Kier molecular flexibility index (Phi) is 14.8. The van der Waals surface area contributed by atoms with Gasteiger partial charge in [0.2, 0.25) is 0 Å². The lowest BCUT2D eigenvalue weighted by molar-refractivity contribution is 0.213. The molecule has 0 rings (SSSR count). The summed E-state index contributed by atoms with van der Waals surface area (Å²) in [6.45, 7) is 13.4. The predicted octanol–water partition coefficient (Wildman–Crippen LogP) is 7.51. The van der Waals surface area contributed by atoms with Crippen molar-refractivity contribution in [2.45, 2.75) is 76.5 Å². The lowest BCUT2D eigenvalue weighted by atomic mass is 10.2. The molecule has 0 aliphatic carbocycles. The van der Waals surface area contributed by atoms with E-state index >= 15 is 0 Å². The van der Waals surface area contributed by atoms with Crippen LogP contribution in [0.15, 0.2) is 0 Å². The second kappa shape index (κ2) is 14.0. The van der Waals surface area contributed by atoms with E-state index in [4.69, 9.17) is 17.7 Å². The van der Waals surface area contributed by atoms with Crippen LogP contribution in [0.25, 0.3) is 0 Å². The molecule has 4 nitrogen and oxygen atoms in total. The second-order valence-electron chi connectivity index (χ2n) is 8.81. The van der Waals surface area contributed by atoms with Crippen LogP contribution >= 0.6 is 41.2 Å². The van der Waals surface area contributed by atoms with Crippen LogP contribution in [0.1, 0.15) is 54.4 Å². The average Bonchev–Trinajstić information content (AvgIpc) is 2.61. The summed E-state index contributed by atoms with van der Waals surface area (Å²) in [7, 11) is 10.6. The second-order valence-corrected chi connectivity index (χ2v) is 23.7. The molecule has 0 amide bonds. The van der Waals surface area contributed by atoms with Crippen molar-refractivity contribution < 1.29 is 17.7 Å². The zero-order chi connectivity index (χ0) is 21.9. The summed E-state index contributed by atoms with van der Waals surface area (Å²) in [5.41, 5.74) is 0. The number of rotatable bonds is 15. The predicted molar refractivity (Wildman–Crippen MR) is 138 cm³/mol. The first-order chi connectivity index (χ1) is 12.9. The largest absolute Gasteiger partial charge is 0.397 e. The molecule has 0 spiro atoms. The van der Waals surface area contributed by atoms with Crippen molar-refractivity contribution in [2.24, 2.45) is 0 Å². The van der Waals surface area contributed by atoms with E-state index in [0.29, 0.717) is 0 Å². The van der Waals surface area contributed by atoms with Gasteiger partial charge in [0.1, 0.15) is 0 Å². The highest BCUT2D eigenvalue weighted by molar-refractivity contribution is 9.26. The van der Waals surface area contributed by atoms with Gasteiger partial charge in [0.15, 0.2) is 0 Å². The van der Waals surface area contributed by atoms with Crippen molar-refractivity contribution in [3.63, 3.8) is 0 Å². The quantitative estimate of drug-likeness (QED) is 0.128. The summed E-state index contributed by atoms with van der Waals surface area (Å²) < 4.78 is 23.5. The summed E-state index contributed by atoms with van der Waals surface area (Å²) in [4.78, 5) is 0. The Morgan fingerprint density at radius 1 is 0.571 bits per heavy atom. The van der Waals surface area contributed by atoms with E-state index in [1.807, 2.05) is 41.2 Å². The van der Waals surface area contributed by atoms with Gasteiger partial charge in [-0.2, -0.15) is 0 Å². The van der Waals surface area contributed by atoms with E-state index in [2.05, 4.69) is 41.5 Å². The highest BCUT2D eigenvalue weighted by atomic mass is 33.7. The van der Waals surface area contributed by atoms with E-state index in [-0.39, 0.29) is 10.1 Å². The molecular weight excluding hydrogens is 465 g/mol. The van der Waals surface area contributed by atoms with Crippen molar-refractivity contribution in [3.8, 4) is 0 Å². The molecule has 170 valence electrons. The van der Waals surface area contributed by atoms with Gasteiger partial charge in [-0.1, -0.05) is 63.1 Å². The fourth-order valence-corrected chi connectivity index (χ4v) is 16.4. The minimum atomic E-state index is -2.13. The first kappa shape index (κ1) is 29.7. The molecule has 0 N–H and O–H groups in total. The molecule has 0 aliphatic rings. The van der Waals surface area contributed by atoms with Crippen LogP contribution in [0.5, 0.6) is 0 Å². The zero-order valence-corrected chi connectivity index (χ0v) is 24.8. The standard InChI is InChI=1S/C18H42O4S4Si2/c1-17(2,3)27(19-7,20-8)15-11-13-23-25-26-24-14-12-16-28(21-9,22-10)18(4,5)6/h11-16H2,1-10H3. The molecule has 0 heterocycles. The van der Waals surface area contributed by atoms with Gasteiger partial charge in [0, 0.05) is 50.0 Å². The molecule has 0 saturated heterocycles. The minimum absolute atomic E-state index is 0.0922. The van der Waals surface area contributed by atoms with Crippen molar-refractivity contribution in [3.05, 3.63) is 0 Å². The number of hydrogen-bond acceptors (Lipinski definition) is 8. The molecule has 28 heavy (non-hydrogen) atoms. The van der Waals surface area contributed by atoms with Gasteiger partial charge in [-0.25, -0.2) is 0 Å². The monoisotopic (exact) mass is 506 g/mol.